The zero-order valence-corrected chi connectivity index (χ0v) is 10.8. The Kier molecular flexibility index (Phi) is 5.03. The summed E-state index contributed by atoms with van der Waals surface area (Å²) in [5, 5.41) is 8.70. The number of H-pyrrole nitrogens is 1. The summed E-state index contributed by atoms with van der Waals surface area (Å²) in [7, 11) is 0. The Morgan fingerprint density at radius 2 is 2.22 bits per heavy atom. The first-order chi connectivity index (χ1) is 8.44. The number of hydrogen-bond acceptors (Lipinski definition) is 4. The molecule has 0 saturated carbocycles. The van der Waals surface area contributed by atoms with Crippen molar-refractivity contribution in [3.63, 3.8) is 0 Å². The van der Waals surface area contributed by atoms with E-state index in [0.29, 0.717) is 13.1 Å². The van der Waals surface area contributed by atoms with E-state index in [0.717, 1.165) is 12.8 Å². The van der Waals surface area contributed by atoms with Crippen molar-refractivity contribution in [3.05, 3.63) is 28.2 Å². The number of nitrogens with two attached hydrogens (primary N) is 1. The monoisotopic (exact) mass is 252 g/mol. The Morgan fingerprint density at radius 3 is 2.78 bits per heavy atom. The fraction of sp³-hybridized carbons (Fsp3) is 0.583. The SMILES string of the molecule is CC(C)(CCCN)CNC(=O)c1ccc(=O)[nH]n1. The lowest BCUT2D eigenvalue weighted by Crippen LogP contribution is -2.35. The fourth-order valence-electron chi connectivity index (χ4n) is 1.55. The van der Waals surface area contributed by atoms with E-state index in [1.807, 2.05) is 0 Å². The van der Waals surface area contributed by atoms with Crippen LogP contribution in [0, 0.1) is 5.41 Å². The van der Waals surface area contributed by atoms with Crippen LogP contribution in [0.3, 0.4) is 0 Å². The van der Waals surface area contributed by atoms with Gasteiger partial charge in [0.1, 0.15) is 5.69 Å². The lowest BCUT2D eigenvalue weighted by molar-refractivity contribution is 0.0928. The molecule has 6 nitrogen and oxygen atoms in total. The largest absolute Gasteiger partial charge is 0.350 e. The second-order valence-electron chi connectivity index (χ2n) is 5.05. The van der Waals surface area contributed by atoms with Gasteiger partial charge in [0, 0.05) is 12.6 Å². The van der Waals surface area contributed by atoms with Crippen molar-refractivity contribution in [3.8, 4) is 0 Å². The molecule has 1 aromatic rings. The normalized spacial score (nSPS) is 11.3. The van der Waals surface area contributed by atoms with Crippen LogP contribution in [-0.2, 0) is 0 Å². The van der Waals surface area contributed by atoms with Gasteiger partial charge in [-0.2, -0.15) is 5.10 Å². The van der Waals surface area contributed by atoms with Gasteiger partial charge < -0.3 is 11.1 Å². The number of nitrogens with zero attached hydrogens (tertiary/aromatic N) is 1. The molecule has 0 saturated heterocycles. The summed E-state index contributed by atoms with van der Waals surface area (Å²) in [6.07, 6.45) is 1.88. The molecule has 0 unspecified atom stereocenters. The Morgan fingerprint density at radius 1 is 1.50 bits per heavy atom. The number of amides is 1. The van der Waals surface area contributed by atoms with Crippen molar-refractivity contribution in [1.82, 2.24) is 15.5 Å². The molecule has 0 aromatic carbocycles. The first kappa shape index (κ1) is 14.4. The highest BCUT2D eigenvalue weighted by atomic mass is 16.2. The van der Waals surface area contributed by atoms with Gasteiger partial charge in [0.2, 0.25) is 0 Å². The molecule has 0 aliphatic carbocycles. The van der Waals surface area contributed by atoms with Gasteiger partial charge in [-0.3, -0.25) is 9.59 Å². The van der Waals surface area contributed by atoms with Crippen LogP contribution in [0.1, 0.15) is 37.2 Å². The minimum absolute atomic E-state index is 0.00276. The summed E-state index contributed by atoms with van der Waals surface area (Å²) in [6.45, 7) is 5.35. The Hall–Kier alpha value is -1.69. The molecule has 0 aliphatic rings. The summed E-state index contributed by atoms with van der Waals surface area (Å²) in [5.74, 6) is -0.285. The maximum Gasteiger partial charge on any atom is 0.271 e. The highest BCUT2D eigenvalue weighted by molar-refractivity contribution is 5.91. The van der Waals surface area contributed by atoms with Crippen molar-refractivity contribution in [2.75, 3.05) is 13.1 Å². The quantitative estimate of drug-likeness (QED) is 0.676. The van der Waals surface area contributed by atoms with Gasteiger partial charge in [0.15, 0.2) is 0 Å². The minimum atomic E-state index is -0.324. The first-order valence-corrected chi connectivity index (χ1v) is 5.99. The van der Waals surface area contributed by atoms with Crippen molar-refractivity contribution in [1.29, 1.82) is 0 Å². The van der Waals surface area contributed by atoms with Gasteiger partial charge in [-0.25, -0.2) is 5.10 Å². The Balaban J connectivity index is 2.50. The third-order valence-corrected chi connectivity index (χ3v) is 2.70. The van der Waals surface area contributed by atoms with Crippen LogP contribution in [0.25, 0.3) is 0 Å². The highest BCUT2D eigenvalue weighted by Gasteiger charge is 2.19. The zero-order valence-electron chi connectivity index (χ0n) is 10.8. The van der Waals surface area contributed by atoms with Crippen LogP contribution in [0.5, 0.6) is 0 Å². The molecular weight excluding hydrogens is 232 g/mol. The molecule has 0 bridgehead atoms. The standard InChI is InChI=1S/C12H20N4O2/c1-12(2,6-3-7-13)8-14-11(18)9-4-5-10(17)16-15-9/h4-5H,3,6-8,13H2,1-2H3,(H,14,18)(H,16,17). The van der Waals surface area contributed by atoms with Crippen LogP contribution in [0.2, 0.25) is 0 Å². The van der Waals surface area contributed by atoms with Crippen molar-refractivity contribution in [2.45, 2.75) is 26.7 Å². The molecule has 1 amide bonds. The summed E-state index contributed by atoms with van der Waals surface area (Å²) in [5.41, 5.74) is 5.35. The van der Waals surface area contributed by atoms with Crippen LogP contribution in [0.15, 0.2) is 16.9 Å². The molecule has 18 heavy (non-hydrogen) atoms. The van der Waals surface area contributed by atoms with Gasteiger partial charge >= 0.3 is 0 Å². The third kappa shape index (κ3) is 4.67. The van der Waals surface area contributed by atoms with Crippen LogP contribution >= 0.6 is 0 Å². The predicted octanol–water partition coefficient (Wildman–Crippen LogP) is 0.265. The maximum atomic E-state index is 11.8. The molecule has 0 atom stereocenters. The summed E-state index contributed by atoms with van der Waals surface area (Å²) < 4.78 is 0. The van der Waals surface area contributed by atoms with E-state index in [2.05, 4.69) is 29.4 Å². The average molecular weight is 252 g/mol. The van der Waals surface area contributed by atoms with Crippen molar-refractivity contribution in [2.24, 2.45) is 11.1 Å². The van der Waals surface area contributed by atoms with E-state index in [-0.39, 0.29) is 22.6 Å². The molecule has 0 spiro atoms. The minimum Gasteiger partial charge on any atom is -0.350 e. The number of aromatic amines is 1. The van der Waals surface area contributed by atoms with E-state index < -0.39 is 0 Å². The van der Waals surface area contributed by atoms with E-state index in [1.165, 1.54) is 12.1 Å². The van der Waals surface area contributed by atoms with Crippen LogP contribution in [0.4, 0.5) is 0 Å². The molecule has 1 aromatic heterocycles. The Labute approximate surface area is 106 Å². The highest BCUT2D eigenvalue weighted by Crippen LogP contribution is 2.20. The zero-order chi connectivity index (χ0) is 13.6. The smallest absolute Gasteiger partial charge is 0.271 e. The lowest BCUT2D eigenvalue weighted by atomic mass is 9.88. The van der Waals surface area contributed by atoms with Gasteiger partial charge in [0.05, 0.1) is 0 Å². The summed E-state index contributed by atoms with van der Waals surface area (Å²) in [6, 6.07) is 2.68. The van der Waals surface area contributed by atoms with Gasteiger partial charge in [-0.05, 0) is 30.9 Å². The second kappa shape index (κ2) is 6.30. The number of hydrogen-bond donors (Lipinski definition) is 3. The van der Waals surface area contributed by atoms with Crippen LogP contribution in [-0.4, -0.2) is 29.2 Å². The number of nitrogens with one attached hydrogen (secondary N) is 2. The van der Waals surface area contributed by atoms with Crippen molar-refractivity contribution < 1.29 is 4.79 Å². The molecule has 0 radical (unpaired) electrons. The van der Waals surface area contributed by atoms with Gasteiger partial charge in [-0.15, -0.1) is 0 Å². The predicted molar refractivity (Wildman–Crippen MR) is 69.3 cm³/mol. The molecule has 0 aliphatic heterocycles. The maximum absolute atomic E-state index is 11.8. The van der Waals surface area contributed by atoms with E-state index in [4.69, 9.17) is 5.73 Å². The molecule has 4 N–H and O–H groups in total. The third-order valence-electron chi connectivity index (χ3n) is 2.70. The summed E-state index contributed by atoms with van der Waals surface area (Å²) in [4.78, 5) is 22.6. The number of carbonyl (C=O) groups excluding carboxylic acids is 1. The van der Waals surface area contributed by atoms with E-state index in [1.54, 1.807) is 0 Å². The van der Waals surface area contributed by atoms with Gasteiger partial charge in [-0.1, -0.05) is 13.8 Å². The Bertz CT molecular complexity index is 433. The van der Waals surface area contributed by atoms with Crippen molar-refractivity contribution >= 4 is 5.91 Å². The summed E-state index contributed by atoms with van der Waals surface area (Å²) >= 11 is 0. The van der Waals surface area contributed by atoms with E-state index >= 15 is 0 Å². The number of aromatic nitrogens is 2. The lowest BCUT2D eigenvalue weighted by Gasteiger charge is -2.24. The number of carbonyl (C=O) groups is 1. The molecule has 1 rings (SSSR count). The number of rotatable bonds is 6. The molecular formula is C12H20N4O2. The van der Waals surface area contributed by atoms with E-state index in [9.17, 15) is 9.59 Å². The average Bonchev–Trinajstić information content (AvgIpc) is 2.35. The first-order valence-electron chi connectivity index (χ1n) is 5.99. The fourth-order valence-corrected chi connectivity index (χ4v) is 1.55. The molecule has 100 valence electrons. The molecule has 0 fully saturated rings. The second-order valence-corrected chi connectivity index (χ2v) is 5.05. The topological polar surface area (TPSA) is 101 Å². The molecule has 1 heterocycles. The molecule has 6 heteroatoms. The van der Waals surface area contributed by atoms with Gasteiger partial charge in [0.25, 0.3) is 11.5 Å². The van der Waals surface area contributed by atoms with Crippen LogP contribution < -0.4 is 16.6 Å².